The second-order valence-corrected chi connectivity index (χ2v) is 2.73. The molecule has 0 amide bonds. The fourth-order valence-electron chi connectivity index (χ4n) is 1.26. The zero-order valence-corrected chi connectivity index (χ0v) is 6.69. The molecule has 0 unspecified atom stereocenters. The molecule has 0 spiro atoms. The number of rotatable bonds is 0. The molecule has 3 heteroatoms. The van der Waals surface area contributed by atoms with Crippen molar-refractivity contribution < 1.29 is 4.73 Å². The summed E-state index contributed by atoms with van der Waals surface area (Å²) in [5.74, 6) is 0. The molecule has 0 atom stereocenters. The molecule has 0 N–H and O–H groups in total. The highest BCUT2D eigenvalue weighted by Gasteiger charge is 2.01. The van der Waals surface area contributed by atoms with Gasteiger partial charge in [0.1, 0.15) is 5.52 Å². The molecule has 0 fully saturated rings. The van der Waals surface area contributed by atoms with Gasteiger partial charge in [0.25, 0.3) is 6.33 Å². The molecule has 0 aliphatic heterocycles. The van der Waals surface area contributed by atoms with E-state index in [9.17, 15) is 5.21 Å². The van der Waals surface area contributed by atoms with Crippen LogP contribution in [0, 0.1) is 12.1 Å². The minimum Gasteiger partial charge on any atom is -0.710 e. The summed E-state index contributed by atoms with van der Waals surface area (Å²) in [7, 11) is 0. The van der Waals surface area contributed by atoms with Gasteiger partial charge >= 0.3 is 0 Å². The Labute approximate surface area is 69.9 Å². The lowest BCUT2D eigenvalue weighted by Gasteiger charge is -2.04. The van der Waals surface area contributed by atoms with Crippen molar-refractivity contribution in [2.24, 2.45) is 0 Å². The smallest absolute Gasteiger partial charge is 0.289 e. The number of aryl methyl sites for hydroxylation is 1. The lowest BCUT2D eigenvalue weighted by Crippen LogP contribution is -2.26. The zero-order valence-electron chi connectivity index (χ0n) is 6.69. The molecule has 0 aliphatic rings. The third-order valence-corrected chi connectivity index (χ3v) is 1.91. The first-order chi connectivity index (χ1) is 5.79. The van der Waals surface area contributed by atoms with E-state index in [4.69, 9.17) is 0 Å². The first kappa shape index (κ1) is 7.03. The fourth-order valence-corrected chi connectivity index (χ4v) is 1.26. The number of benzene rings is 1. The molecule has 2 aromatic rings. The largest absolute Gasteiger partial charge is 0.710 e. The van der Waals surface area contributed by atoms with Crippen LogP contribution in [0.4, 0.5) is 0 Å². The predicted molar refractivity (Wildman–Crippen MR) is 45.4 cm³/mol. The molecular weight excluding hydrogens is 152 g/mol. The molecule has 0 saturated carbocycles. The quantitative estimate of drug-likeness (QED) is 0.428. The van der Waals surface area contributed by atoms with Gasteiger partial charge in [-0.3, -0.25) is 0 Å². The SMILES string of the molecule is Cc1cccc2c1cnc[n+]2[O-]. The van der Waals surface area contributed by atoms with Crippen molar-refractivity contribution in [2.45, 2.75) is 6.92 Å². The van der Waals surface area contributed by atoms with Gasteiger partial charge in [0.2, 0.25) is 0 Å². The molecule has 1 aromatic heterocycles. The Morgan fingerprint density at radius 1 is 1.42 bits per heavy atom. The van der Waals surface area contributed by atoms with Crippen LogP contribution >= 0.6 is 0 Å². The Morgan fingerprint density at radius 3 is 3.00 bits per heavy atom. The van der Waals surface area contributed by atoms with E-state index in [1.54, 1.807) is 12.3 Å². The highest BCUT2D eigenvalue weighted by molar-refractivity contribution is 5.78. The van der Waals surface area contributed by atoms with Crippen LogP contribution in [0.15, 0.2) is 30.7 Å². The van der Waals surface area contributed by atoms with Gasteiger partial charge in [-0.2, -0.15) is 0 Å². The molecule has 0 radical (unpaired) electrons. The zero-order chi connectivity index (χ0) is 8.55. The minimum absolute atomic E-state index is 0.671. The number of nitrogens with zero attached hydrogens (tertiary/aromatic N) is 2. The average Bonchev–Trinajstić information content (AvgIpc) is 2.07. The van der Waals surface area contributed by atoms with Gasteiger partial charge in [-0.25, -0.2) is 4.73 Å². The molecule has 3 nitrogen and oxygen atoms in total. The maximum Gasteiger partial charge on any atom is 0.289 e. The molecule has 60 valence electrons. The topological polar surface area (TPSA) is 39.8 Å². The highest BCUT2D eigenvalue weighted by atomic mass is 16.5. The Bertz CT molecular complexity index is 385. The second-order valence-electron chi connectivity index (χ2n) is 2.73. The van der Waals surface area contributed by atoms with Crippen LogP contribution in [0.3, 0.4) is 0 Å². The van der Waals surface area contributed by atoms with Gasteiger partial charge in [0.05, 0.1) is 5.39 Å². The van der Waals surface area contributed by atoms with Crippen molar-refractivity contribution in [3.05, 3.63) is 41.5 Å². The minimum atomic E-state index is 0.671. The summed E-state index contributed by atoms with van der Waals surface area (Å²) in [4.78, 5) is 3.82. The lowest BCUT2D eigenvalue weighted by molar-refractivity contribution is -0.580. The first-order valence-corrected chi connectivity index (χ1v) is 3.71. The monoisotopic (exact) mass is 160 g/mol. The summed E-state index contributed by atoms with van der Waals surface area (Å²) in [6.45, 7) is 1.96. The average molecular weight is 160 g/mol. The van der Waals surface area contributed by atoms with E-state index < -0.39 is 0 Å². The molecule has 2 rings (SSSR count). The van der Waals surface area contributed by atoms with Crippen molar-refractivity contribution in [3.8, 4) is 0 Å². The van der Waals surface area contributed by atoms with E-state index in [1.807, 2.05) is 19.1 Å². The fraction of sp³-hybridized carbons (Fsp3) is 0.111. The third-order valence-electron chi connectivity index (χ3n) is 1.91. The third kappa shape index (κ3) is 0.906. The molecular formula is C9H8N2O. The predicted octanol–water partition coefficient (Wildman–Crippen LogP) is 1.18. The van der Waals surface area contributed by atoms with E-state index in [0.29, 0.717) is 5.52 Å². The van der Waals surface area contributed by atoms with Crippen LogP contribution < -0.4 is 4.73 Å². The maximum atomic E-state index is 11.2. The molecule has 12 heavy (non-hydrogen) atoms. The van der Waals surface area contributed by atoms with Gasteiger partial charge in [0.15, 0.2) is 6.20 Å². The van der Waals surface area contributed by atoms with Crippen molar-refractivity contribution in [1.29, 1.82) is 0 Å². The van der Waals surface area contributed by atoms with Crippen molar-refractivity contribution in [3.63, 3.8) is 0 Å². The molecule has 1 aromatic carbocycles. The van der Waals surface area contributed by atoms with Crippen LogP contribution in [-0.2, 0) is 0 Å². The summed E-state index contributed by atoms with van der Waals surface area (Å²) in [6.07, 6.45) is 2.97. The Kier molecular flexibility index (Phi) is 1.43. The normalized spacial score (nSPS) is 10.4. The van der Waals surface area contributed by atoms with E-state index in [1.165, 1.54) is 6.33 Å². The molecule has 0 aliphatic carbocycles. The van der Waals surface area contributed by atoms with Crippen molar-refractivity contribution in [1.82, 2.24) is 4.98 Å². The first-order valence-electron chi connectivity index (χ1n) is 3.71. The second kappa shape index (κ2) is 2.44. The van der Waals surface area contributed by atoms with Gasteiger partial charge in [-0.05, 0) is 18.6 Å². The van der Waals surface area contributed by atoms with Gasteiger partial charge in [0, 0.05) is 0 Å². The van der Waals surface area contributed by atoms with Crippen molar-refractivity contribution in [2.75, 3.05) is 0 Å². The summed E-state index contributed by atoms with van der Waals surface area (Å²) in [5.41, 5.74) is 1.75. The summed E-state index contributed by atoms with van der Waals surface area (Å²) >= 11 is 0. The van der Waals surface area contributed by atoms with E-state index in [2.05, 4.69) is 4.98 Å². The van der Waals surface area contributed by atoms with Crippen LogP contribution in [0.25, 0.3) is 10.9 Å². The van der Waals surface area contributed by atoms with Crippen LogP contribution in [-0.4, -0.2) is 4.98 Å². The Balaban J connectivity index is 2.94. The number of hydrogen-bond acceptors (Lipinski definition) is 2. The van der Waals surface area contributed by atoms with Gasteiger partial charge in [-0.15, -0.1) is 0 Å². The Morgan fingerprint density at radius 2 is 2.25 bits per heavy atom. The highest BCUT2D eigenvalue weighted by Crippen LogP contribution is 2.12. The Hall–Kier alpha value is -1.64. The summed E-state index contributed by atoms with van der Waals surface area (Å²) in [5, 5.41) is 12.1. The molecule has 0 saturated heterocycles. The summed E-state index contributed by atoms with van der Waals surface area (Å²) in [6, 6.07) is 5.62. The lowest BCUT2D eigenvalue weighted by atomic mass is 10.1. The van der Waals surface area contributed by atoms with Crippen molar-refractivity contribution >= 4 is 10.9 Å². The van der Waals surface area contributed by atoms with E-state index in [0.717, 1.165) is 15.7 Å². The number of hydrogen-bond donors (Lipinski definition) is 0. The number of fused-ring (bicyclic) bond motifs is 1. The van der Waals surface area contributed by atoms with E-state index >= 15 is 0 Å². The molecule has 1 heterocycles. The van der Waals surface area contributed by atoms with Crippen LogP contribution in [0.1, 0.15) is 5.56 Å². The maximum absolute atomic E-state index is 11.2. The molecule has 0 bridgehead atoms. The van der Waals surface area contributed by atoms with Crippen LogP contribution in [0.5, 0.6) is 0 Å². The summed E-state index contributed by atoms with van der Waals surface area (Å²) < 4.78 is 0.780. The van der Waals surface area contributed by atoms with Crippen LogP contribution in [0.2, 0.25) is 0 Å². The van der Waals surface area contributed by atoms with Gasteiger partial charge < -0.3 is 5.21 Å². The van der Waals surface area contributed by atoms with Gasteiger partial charge in [-0.1, -0.05) is 17.1 Å². The standard InChI is InChI=1S/C9H8N2O/c1-7-3-2-4-9-8(7)5-10-6-11(9)12/h2-6H,1H3. The number of aromatic nitrogens is 2. The van der Waals surface area contributed by atoms with E-state index in [-0.39, 0.29) is 0 Å².